The Balaban J connectivity index is 2.21. The average Bonchev–Trinajstić information content (AvgIpc) is 2.33. The van der Waals surface area contributed by atoms with Gasteiger partial charge in [-0.1, -0.05) is 6.42 Å². The molecule has 0 atom stereocenters. The highest BCUT2D eigenvalue weighted by molar-refractivity contribution is 9.10. The lowest BCUT2D eigenvalue weighted by Gasteiger charge is -2.26. The SMILES string of the molecule is Nc1ncc(Br)cc1S(=O)(=O)NN1CCCCC1. The summed E-state index contributed by atoms with van der Waals surface area (Å²) in [6.07, 6.45) is 4.59. The summed E-state index contributed by atoms with van der Waals surface area (Å²) in [5.74, 6) is 0.00251. The molecule has 1 aliphatic heterocycles. The standard InChI is InChI=1S/C10H15BrN4O2S/c11-8-6-9(10(12)13-7-8)18(16,17)14-15-4-2-1-3-5-15/h6-7,14H,1-5H2,(H2,12,13). The highest BCUT2D eigenvalue weighted by Crippen LogP contribution is 2.21. The van der Waals surface area contributed by atoms with Crippen molar-refractivity contribution in [1.29, 1.82) is 0 Å². The molecule has 2 rings (SSSR count). The molecule has 0 unspecified atom stereocenters. The number of hydrazine groups is 1. The quantitative estimate of drug-likeness (QED) is 0.864. The van der Waals surface area contributed by atoms with E-state index in [2.05, 4.69) is 25.7 Å². The van der Waals surface area contributed by atoms with Crippen LogP contribution in [0.1, 0.15) is 19.3 Å². The van der Waals surface area contributed by atoms with E-state index >= 15 is 0 Å². The first-order valence-electron chi connectivity index (χ1n) is 5.67. The van der Waals surface area contributed by atoms with E-state index in [0.29, 0.717) is 4.47 Å². The zero-order valence-electron chi connectivity index (χ0n) is 9.76. The lowest BCUT2D eigenvalue weighted by molar-refractivity contribution is 0.200. The van der Waals surface area contributed by atoms with Crippen molar-refractivity contribution in [3.8, 4) is 0 Å². The molecule has 0 amide bonds. The molecular weight excluding hydrogens is 320 g/mol. The fourth-order valence-electron chi connectivity index (χ4n) is 1.85. The Hall–Kier alpha value is -0.700. The van der Waals surface area contributed by atoms with Crippen LogP contribution in [-0.4, -0.2) is 31.5 Å². The number of piperidine rings is 1. The summed E-state index contributed by atoms with van der Waals surface area (Å²) in [7, 11) is -3.65. The van der Waals surface area contributed by atoms with E-state index in [0.717, 1.165) is 32.4 Å². The van der Waals surface area contributed by atoms with Crippen molar-refractivity contribution in [2.75, 3.05) is 18.8 Å². The van der Waals surface area contributed by atoms with Gasteiger partial charge in [0.25, 0.3) is 10.0 Å². The van der Waals surface area contributed by atoms with E-state index in [1.165, 1.54) is 12.3 Å². The topological polar surface area (TPSA) is 88.3 Å². The van der Waals surface area contributed by atoms with Crippen molar-refractivity contribution in [1.82, 2.24) is 14.8 Å². The molecule has 0 spiro atoms. The first-order chi connectivity index (χ1) is 8.49. The van der Waals surface area contributed by atoms with Gasteiger partial charge < -0.3 is 5.73 Å². The van der Waals surface area contributed by atoms with Crippen LogP contribution >= 0.6 is 15.9 Å². The van der Waals surface area contributed by atoms with Crippen LogP contribution in [0.4, 0.5) is 5.82 Å². The van der Waals surface area contributed by atoms with Crippen LogP contribution in [0.2, 0.25) is 0 Å². The molecule has 2 heterocycles. The third kappa shape index (κ3) is 3.19. The largest absolute Gasteiger partial charge is 0.383 e. The van der Waals surface area contributed by atoms with Crippen molar-refractivity contribution < 1.29 is 8.42 Å². The summed E-state index contributed by atoms with van der Waals surface area (Å²) in [4.78, 5) is 6.38. The number of aromatic nitrogens is 1. The normalized spacial score (nSPS) is 17.8. The molecule has 1 aromatic rings. The monoisotopic (exact) mass is 334 g/mol. The molecule has 3 N–H and O–H groups in total. The lowest BCUT2D eigenvalue weighted by Crippen LogP contribution is -2.45. The number of nitrogens with one attached hydrogen (secondary N) is 1. The van der Waals surface area contributed by atoms with E-state index in [9.17, 15) is 8.42 Å². The molecule has 18 heavy (non-hydrogen) atoms. The molecule has 0 aromatic carbocycles. The second-order valence-electron chi connectivity index (χ2n) is 4.18. The van der Waals surface area contributed by atoms with E-state index in [1.807, 2.05) is 0 Å². The van der Waals surface area contributed by atoms with Gasteiger partial charge in [0.2, 0.25) is 0 Å². The van der Waals surface area contributed by atoms with Gasteiger partial charge in [-0.3, -0.25) is 0 Å². The Morgan fingerprint density at radius 3 is 2.67 bits per heavy atom. The van der Waals surface area contributed by atoms with E-state index in [1.54, 1.807) is 5.01 Å². The molecular formula is C10H15BrN4O2S. The number of hydrogen-bond donors (Lipinski definition) is 2. The Bertz CT molecular complexity index is 529. The van der Waals surface area contributed by atoms with Crippen LogP contribution in [0.3, 0.4) is 0 Å². The van der Waals surface area contributed by atoms with Gasteiger partial charge in [0.15, 0.2) is 0 Å². The predicted octanol–water partition coefficient (Wildman–Crippen LogP) is 1.11. The summed E-state index contributed by atoms with van der Waals surface area (Å²) in [5.41, 5.74) is 5.61. The maximum absolute atomic E-state index is 12.2. The third-order valence-corrected chi connectivity index (χ3v) is 4.58. The van der Waals surface area contributed by atoms with Crippen molar-refractivity contribution >= 4 is 31.8 Å². The van der Waals surface area contributed by atoms with Crippen LogP contribution in [-0.2, 0) is 10.0 Å². The molecule has 0 saturated carbocycles. The number of rotatable bonds is 3. The molecule has 100 valence electrons. The molecule has 1 fully saturated rings. The minimum absolute atomic E-state index is 0.00227. The van der Waals surface area contributed by atoms with Crippen LogP contribution in [0.15, 0.2) is 21.6 Å². The van der Waals surface area contributed by atoms with Crippen LogP contribution in [0.25, 0.3) is 0 Å². The molecule has 1 saturated heterocycles. The highest BCUT2D eigenvalue weighted by Gasteiger charge is 2.22. The first-order valence-corrected chi connectivity index (χ1v) is 7.95. The molecule has 1 aliphatic rings. The molecule has 8 heteroatoms. The number of nitrogens with two attached hydrogens (primary N) is 1. The second-order valence-corrected chi connectivity index (χ2v) is 6.72. The molecule has 0 aliphatic carbocycles. The number of pyridine rings is 1. The summed E-state index contributed by atoms with van der Waals surface area (Å²) in [6, 6.07) is 1.45. The average molecular weight is 335 g/mol. The van der Waals surface area contributed by atoms with Gasteiger partial charge in [-0.15, -0.1) is 4.83 Å². The van der Waals surface area contributed by atoms with Gasteiger partial charge in [0.1, 0.15) is 10.7 Å². The summed E-state index contributed by atoms with van der Waals surface area (Å²) >= 11 is 3.19. The summed E-state index contributed by atoms with van der Waals surface area (Å²) in [6.45, 7) is 1.45. The predicted molar refractivity (Wildman–Crippen MR) is 72.1 cm³/mol. The minimum atomic E-state index is -3.65. The van der Waals surface area contributed by atoms with Crippen LogP contribution < -0.4 is 10.6 Å². The zero-order chi connectivity index (χ0) is 13.2. The van der Waals surface area contributed by atoms with E-state index in [-0.39, 0.29) is 10.7 Å². The Morgan fingerprint density at radius 1 is 1.33 bits per heavy atom. The van der Waals surface area contributed by atoms with Crippen molar-refractivity contribution in [2.24, 2.45) is 0 Å². The van der Waals surface area contributed by atoms with E-state index < -0.39 is 10.0 Å². The van der Waals surface area contributed by atoms with Gasteiger partial charge >= 0.3 is 0 Å². The number of nitrogens with zero attached hydrogens (tertiary/aromatic N) is 2. The van der Waals surface area contributed by atoms with Crippen molar-refractivity contribution in [2.45, 2.75) is 24.2 Å². The van der Waals surface area contributed by atoms with Gasteiger partial charge in [0, 0.05) is 23.8 Å². The minimum Gasteiger partial charge on any atom is -0.383 e. The molecule has 0 bridgehead atoms. The van der Waals surface area contributed by atoms with Gasteiger partial charge in [-0.2, -0.15) is 0 Å². The zero-order valence-corrected chi connectivity index (χ0v) is 12.2. The van der Waals surface area contributed by atoms with Crippen LogP contribution in [0, 0.1) is 0 Å². The molecule has 1 aromatic heterocycles. The van der Waals surface area contributed by atoms with Crippen LogP contribution in [0.5, 0.6) is 0 Å². The fraction of sp³-hybridized carbons (Fsp3) is 0.500. The van der Waals surface area contributed by atoms with Crippen molar-refractivity contribution in [3.63, 3.8) is 0 Å². The second kappa shape index (κ2) is 5.52. The first kappa shape index (κ1) is 13.7. The Labute approximate surface area is 115 Å². The van der Waals surface area contributed by atoms with Gasteiger partial charge in [-0.25, -0.2) is 18.4 Å². The van der Waals surface area contributed by atoms with E-state index in [4.69, 9.17) is 5.73 Å². The number of halogens is 1. The summed E-state index contributed by atoms with van der Waals surface area (Å²) in [5, 5.41) is 1.71. The summed E-state index contributed by atoms with van der Waals surface area (Å²) < 4.78 is 24.9. The number of nitrogen functional groups attached to an aromatic ring is 1. The maximum Gasteiger partial charge on any atom is 0.257 e. The molecule has 0 radical (unpaired) electrons. The van der Waals surface area contributed by atoms with Crippen molar-refractivity contribution in [3.05, 3.63) is 16.7 Å². The maximum atomic E-state index is 12.2. The lowest BCUT2D eigenvalue weighted by atomic mass is 10.2. The highest BCUT2D eigenvalue weighted by atomic mass is 79.9. The fourth-order valence-corrected chi connectivity index (χ4v) is 3.56. The third-order valence-electron chi connectivity index (χ3n) is 2.74. The number of hydrogen-bond acceptors (Lipinski definition) is 5. The smallest absolute Gasteiger partial charge is 0.257 e. The Morgan fingerprint density at radius 2 is 2.00 bits per heavy atom. The Kier molecular flexibility index (Phi) is 4.21. The molecule has 6 nitrogen and oxygen atoms in total. The number of anilines is 1. The van der Waals surface area contributed by atoms with Gasteiger partial charge in [0.05, 0.1) is 0 Å². The number of sulfonamides is 1. The van der Waals surface area contributed by atoms with Gasteiger partial charge in [-0.05, 0) is 34.8 Å².